The molecule has 1 aromatic rings. The summed E-state index contributed by atoms with van der Waals surface area (Å²) in [7, 11) is 3.60. The highest BCUT2D eigenvalue weighted by molar-refractivity contribution is 5.48. The fourth-order valence-electron chi connectivity index (χ4n) is 1.84. The maximum Gasteiger partial charge on any atom is 0.146 e. The highest BCUT2D eigenvalue weighted by Gasteiger charge is 2.17. The van der Waals surface area contributed by atoms with E-state index in [-0.39, 0.29) is 5.82 Å². The lowest BCUT2D eigenvalue weighted by molar-refractivity contribution is 0.0885. The molecule has 0 radical (unpaired) electrons. The van der Waals surface area contributed by atoms with Gasteiger partial charge in [-0.1, -0.05) is 6.07 Å². The zero-order valence-electron chi connectivity index (χ0n) is 10.9. The number of rotatable bonds is 5. The van der Waals surface area contributed by atoms with Crippen LogP contribution in [0.3, 0.4) is 0 Å². The molecule has 4 heteroatoms. The van der Waals surface area contributed by atoms with E-state index in [1.54, 1.807) is 31.9 Å². The number of benzene rings is 1. The molecule has 0 aromatic heterocycles. The molecule has 0 saturated heterocycles. The molecule has 0 saturated carbocycles. The largest absolute Gasteiger partial charge is 0.389 e. The molecule has 0 spiro atoms. The van der Waals surface area contributed by atoms with E-state index in [4.69, 9.17) is 0 Å². The minimum Gasteiger partial charge on any atom is -0.389 e. The zero-order chi connectivity index (χ0) is 13.1. The van der Waals surface area contributed by atoms with Gasteiger partial charge in [0.05, 0.1) is 11.3 Å². The lowest BCUT2D eigenvalue weighted by Gasteiger charge is -2.27. The summed E-state index contributed by atoms with van der Waals surface area (Å²) in [6.07, 6.45) is 0. The molecule has 0 heterocycles. The minimum absolute atomic E-state index is 0.260. The number of halogens is 1. The molecule has 17 heavy (non-hydrogen) atoms. The molecular weight excluding hydrogens is 219 g/mol. The van der Waals surface area contributed by atoms with Crippen molar-refractivity contribution in [2.75, 3.05) is 25.5 Å². The molecule has 0 aliphatic rings. The van der Waals surface area contributed by atoms with E-state index in [1.807, 2.05) is 13.1 Å². The molecule has 1 aromatic carbocycles. The Labute approximate surface area is 102 Å². The van der Waals surface area contributed by atoms with Crippen molar-refractivity contribution in [1.82, 2.24) is 5.32 Å². The molecule has 3 nitrogen and oxygen atoms in total. The molecule has 2 N–H and O–H groups in total. The first kappa shape index (κ1) is 13.9. The minimum atomic E-state index is -0.842. The van der Waals surface area contributed by atoms with Crippen LogP contribution in [-0.2, 0) is 6.54 Å². The van der Waals surface area contributed by atoms with Crippen molar-refractivity contribution in [1.29, 1.82) is 0 Å². The summed E-state index contributed by atoms with van der Waals surface area (Å²) < 4.78 is 13.8. The highest BCUT2D eigenvalue weighted by Crippen LogP contribution is 2.21. The molecule has 0 aliphatic carbocycles. The first-order valence-corrected chi connectivity index (χ1v) is 5.70. The van der Waals surface area contributed by atoms with E-state index in [9.17, 15) is 9.50 Å². The third-order valence-corrected chi connectivity index (χ3v) is 2.43. The molecule has 0 unspecified atom stereocenters. The quantitative estimate of drug-likeness (QED) is 0.823. The Hall–Kier alpha value is -1.13. The molecular formula is C13H21FN2O. The lowest BCUT2D eigenvalue weighted by atomic mass is 10.1. The van der Waals surface area contributed by atoms with Gasteiger partial charge in [-0.2, -0.15) is 0 Å². The van der Waals surface area contributed by atoms with Crippen molar-refractivity contribution in [2.24, 2.45) is 0 Å². The number of hydrogen-bond donors (Lipinski definition) is 2. The monoisotopic (exact) mass is 240 g/mol. The Balaban J connectivity index is 2.84. The van der Waals surface area contributed by atoms with Gasteiger partial charge in [-0.3, -0.25) is 0 Å². The number of nitrogens with one attached hydrogen (secondary N) is 1. The summed E-state index contributed by atoms with van der Waals surface area (Å²) >= 11 is 0. The number of anilines is 1. The van der Waals surface area contributed by atoms with Crippen molar-refractivity contribution in [3.8, 4) is 0 Å². The van der Waals surface area contributed by atoms with E-state index in [0.717, 1.165) is 5.56 Å². The van der Waals surface area contributed by atoms with Crippen LogP contribution < -0.4 is 10.2 Å². The van der Waals surface area contributed by atoms with Gasteiger partial charge in [-0.05, 0) is 38.6 Å². The van der Waals surface area contributed by atoms with Crippen molar-refractivity contribution in [3.05, 3.63) is 29.6 Å². The summed E-state index contributed by atoms with van der Waals surface area (Å²) in [4.78, 5) is 1.72. The van der Waals surface area contributed by atoms with Crippen LogP contribution in [0.4, 0.5) is 10.1 Å². The van der Waals surface area contributed by atoms with E-state index < -0.39 is 5.60 Å². The van der Waals surface area contributed by atoms with Crippen LogP contribution in [0.5, 0.6) is 0 Å². The van der Waals surface area contributed by atoms with Gasteiger partial charge < -0.3 is 15.3 Å². The summed E-state index contributed by atoms with van der Waals surface area (Å²) in [5.74, 6) is -0.260. The Morgan fingerprint density at radius 1 is 1.41 bits per heavy atom. The fraction of sp³-hybridized carbons (Fsp3) is 0.538. The van der Waals surface area contributed by atoms with Gasteiger partial charge in [-0.25, -0.2) is 4.39 Å². The van der Waals surface area contributed by atoms with E-state index in [1.165, 1.54) is 6.07 Å². The second-order valence-corrected chi connectivity index (χ2v) is 4.98. The fourth-order valence-corrected chi connectivity index (χ4v) is 1.84. The maximum absolute atomic E-state index is 13.8. The first-order valence-electron chi connectivity index (χ1n) is 5.70. The average Bonchev–Trinajstić information content (AvgIpc) is 2.15. The van der Waals surface area contributed by atoms with Gasteiger partial charge in [0.1, 0.15) is 5.82 Å². The molecule has 96 valence electrons. The Kier molecular flexibility index (Phi) is 4.48. The molecule has 0 atom stereocenters. The first-order chi connectivity index (χ1) is 7.83. The smallest absolute Gasteiger partial charge is 0.146 e. The van der Waals surface area contributed by atoms with Gasteiger partial charge >= 0.3 is 0 Å². The second kappa shape index (κ2) is 5.47. The maximum atomic E-state index is 13.8. The highest BCUT2D eigenvalue weighted by atomic mass is 19.1. The number of aliphatic hydroxyl groups is 1. The normalized spacial score (nSPS) is 11.6. The Bertz CT molecular complexity index is 374. The second-order valence-electron chi connectivity index (χ2n) is 4.98. The predicted octanol–water partition coefficient (Wildman–Crippen LogP) is 1.75. The lowest BCUT2D eigenvalue weighted by Crippen LogP contribution is -2.36. The van der Waals surface area contributed by atoms with Crippen molar-refractivity contribution in [2.45, 2.75) is 26.0 Å². The van der Waals surface area contributed by atoms with Gasteiger partial charge in [0.2, 0.25) is 0 Å². The third kappa shape index (κ3) is 4.32. The molecule has 1 rings (SSSR count). The van der Waals surface area contributed by atoms with Crippen molar-refractivity contribution >= 4 is 5.69 Å². The van der Waals surface area contributed by atoms with Crippen LogP contribution >= 0.6 is 0 Å². The van der Waals surface area contributed by atoms with Crippen LogP contribution in [0.1, 0.15) is 19.4 Å². The molecule has 0 fully saturated rings. The Morgan fingerprint density at radius 3 is 2.53 bits per heavy atom. The SMILES string of the molecule is CNCc1ccc(N(C)CC(C)(C)O)c(F)c1. The van der Waals surface area contributed by atoms with Crippen LogP contribution in [0.25, 0.3) is 0 Å². The van der Waals surface area contributed by atoms with E-state index >= 15 is 0 Å². The van der Waals surface area contributed by atoms with Gasteiger partial charge in [-0.15, -0.1) is 0 Å². The summed E-state index contributed by atoms with van der Waals surface area (Å²) in [5, 5.41) is 12.7. The summed E-state index contributed by atoms with van der Waals surface area (Å²) in [5.41, 5.74) is 0.572. The molecule has 0 amide bonds. The molecule has 0 bridgehead atoms. The Morgan fingerprint density at radius 2 is 2.06 bits per heavy atom. The number of nitrogens with zero attached hydrogens (tertiary/aromatic N) is 1. The summed E-state index contributed by atoms with van der Waals surface area (Å²) in [6, 6.07) is 5.15. The predicted molar refractivity (Wildman–Crippen MR) is 68.7 cm³/mol. The van der Waals surface area contributed by atoms with Crippen molar-refractivity contribution in [3.63, 3.8) is 0 Å². The van der Waals surface area contributed by atoms with Gasteiger partial charge in [0.15, 0.2) is 0 Å². The number of likely N-dealkylation sites (N-methyl/N-ethyl adjacent to an activating group) is 1. The summed E-state index contributed by atoms with van der Waals surface area (Å²) in [6.45, 7) is 4.44. The standard InChI is InChI=1S/C13H21FN2O/c1-13(2,17)9-16(4)12-6-5-10(8-15-3)7-11(12)14/h5-7,15,17H,8-9H2,1-4H3. The average molecular weight is 240 g/mol. The van der Waals surface area contributed by atoms with Crippen LogP contribution in [0.15, 0.2) is 18.2 Å². The van der Waals surface area contributed by atoms with Crippen LogP contribution in [-0.4, -0.2) is 31.3 Å². The van der Waals surface area contributed by atoms with E-state index in [2.05, 4.69) is 5.32 Å². The van der Waals surface area contributed by atoms with Crippen LogP contribution in [0, 0.1) is 5.82 Å². The van der Waals surface area contributed by atoms with Gasteiger partial charge in [0, 0.05) is 20.1 Å². The van der Waals surface area contributed by atoms with E-state index in [0.29, 0.717) is 18.8 Å². The number of hydrogen-bond acceptors (Lipinski definition) is 3. The molecule has 0 aliphatic heterocycles. The topological polar surface area (TPSA) is 35.5 Å². The zero-order valence-corrected chi connectivity index (χ0v) is 10.9. The third-order valence-electron chi connectivity index (χ3n) is 2.43. The van der Waals surface area contributed by atoms with Crippen LogP contribution in [0.2, 0.25) is 0 Å². The van der Waals surface area contributed by atoms with Crippen molar-refractivity contribution < 1.29 is 9.50 Å². The van der Waals surface area contributed by atoms with Gasteiger partial charge in [0.25, 0.3) is 0 Å².